The maximum Gasteiger partial charge on any atom is 0.256 e. The molecule has 1 aromatic heterocycles. The van der Waals surface area contributed by atoms with Gasteiger partial charge in [-0.15, -0.1) is 0 Å². The van der Waals surface area contributed by atoms with Crippen LogP contribution in [0.2, 0.25) is 5.02 Å². The molecular formula is C16H18ClN3O. The van der Waals surface area contributed by atoms with Crippen LogP contribution in [-0.2, 0) is 0 Å². The van der Waals surface area contributed by atoms with E-state index in [2.05, 4.69) is 29.0 Å². The van der Waals surface area contributed by atoms with E-state index in [0.29, 0.717) is 16.4 Å². The average molecular weight is 304 g/mol. The predicted octanol–water partition coefficient (Wildman–Crippen LogP) is 3.83. The zero-order valence-corrected chi connectivity index (χ0v) is 12.9. The van der Waals surface area contributed by atoms with Crippen molar-refractivity contribution < 1.29 is 4.79 Å². The second-order valence-electron chi connectivity index (χ2n) is 4.54. The van der Waals surface area contributed by atoms with E-state index in [1.54, 1.807) is 36.5 Å². The number of amides is 1. The van der Waals surface area contributed by atoms with Gasteiger partial charge in [0.25, 0.3) is 5.91 Å². The van der Waals surface area contributed by atoms with Gasteiger partial charge in [-0.25, -0.2) is 4.98 Å². The summed E-state index contributed by atoms with van der Waals surface area (Å²) in [6, 6.07) is 10.6. The maximum absolute atomic E-state index is 12.1. The van der Waals surface area contributed by atoms with Crippen molar-refractivity contribution in [3.63, 3.8) is 0 Å². The van der Waals surface area contributed by atoms with Gasteiger partial charge in [0.1, 0.15) is 5.82 Å². The maximum atomic E-state index is 12.1. The molecule has 0 aliphatic rings. The van der Waals surface area contributed by atoms with Crippen LogP contribution < -0.4 is 10.2 Å². The molecule has 110 valence electrons. The summed E-state index contributed by atoms with van der Waals surface area (Å²) in [6.45, 7) is 6.04. The fourth-order valence-corrected chi connectivity index (χ4v) is 2.24. The molecule has 0 atom stereocenters. The van der Waals surface area contributed by atoms with Gasteiger partial charge in [-0.3, -0.25) is 4.79 Å². The smallest absolute Gasteiger partial charge is 0.256 e. The first-order valence-corrected chi connectivity index (χ1v) is 7.29. The SMILES string of the molecule is CCN(CC)c1ccc(NC(=O)c2cccc(Cl)c2)nc1. The number of hydrogen-bond donors (Lipinski definition) is 1. The van der Waals surface area contributed by atoms with Gasteiger partial charge in [0.05, 0.1) is 11.9 Å². The van der Waals surface area contributed by atoms with Gasteiger partial charge in [0, 0.05) is 23.7 Å². The molecule has 0 aliphatic heterocycles. The molecule has 0 saturated carbocycles. The van der Waals surface area contributed by atoms with E-state index in [-0.39, 0.29) is 5.91 Å². The minimum atomic E-state index is -0.222. The number of carbonyl (C=O) groups is 1. The lowest BCUT2D eigenvalue weighted by atomic mass is 10.2. The van der Waals surface area contributed by atoms with Crippen LogP contribution >= 0.6 is 11.6 Å². The number of nitrogens with one attached hydrogen (secondary N) is 1. The van der Waals surface area contributed by atoms with Crippen molar-refractivity contribution in [2.24, 2.45) is 0 Å². The quantitative estimate of drug-likeness (QED) is 0.913. The van der Waals surface area contributed by atoms with Crippen LogP contribution in [0.25, 0.3) is 0 Å². The van der Waals surface area contributed by atoms with E-state index < -0.39 is 0 Å². The molecule has 0 radical (unpaired) electrons. The van der Waals surface area contributed by atoms with Gasteiger partial charge >= 0.3 is 0 Å². The first-order chi connectivity index (χ1) is 10.1. The van der Waals surface area contributed by atoms with Crippen LogP contribution in [0.4, 0.5) is 11.5 Å². The Morgan fingerprint density at radius 1 is 1.24 bits per heavy atom. The summed E-state index contributed by atoms with van der Waals surface area (Å²) in [4.78, 5) is 18.5. The number of nitrogens with zero attached hydrogens (tertiary/aromatic N) is 2. The van der Waals surface area contributed by atoms with E-state index in [9.17, 15) is 4.79 Å². The number of pyridine rings is 1. The van der Waals surface area contributed by atoms with Gasteiger partial charge in [0.2, 0.25) is 0 Å². The molecule has 0 spiro atoms. The highest BCUT2D eigenvalue weighted by Gasteiger charge is 2.08. The highest BCUT2D eigenvalue weighted by molar-refractivity contribution is 6.31. The summed E-state index contributed by atoms with van der Waals surface area (Å²) in [5.41, 5.74) is 1.55. The van der Waals surface area contributed by atoms with E-state index >= 15 is 0 Å². The Kier molecular flexibility index (Phi) is 5.17. The van der Waals surface area contributed by atoms with Crippen LogP contribution in [0.5, 0.6) is 0 Å². The molecule has 0 bridgehead atoms. The van der Waals surface area contributed by atoms with Gasteiger partial charge in [-0.1, -0.05) is 17.7 Å². The summed E-state index contributed by atoms with van der Waals surface area (Å²) in [6.07, 6.45) is 1.76. The Hall–Kier alpha value is -2.07. The highest BCUT2D eigenvalue weighted by Crippen LogP contribution is 2.16. The van der Waals surface area contributed by atoms with Crippen LogP contribution in [0.15, 0.2) is 42.6 Å². The summed E-state index contributed by atoms with van der Waals surface area (Å²) in [5, 5.41) is 3.30. The van der Waals surface area contributed by atoms with Crippen LogP contribution in [0.1, 0.15) is 24.2 Å². The number of hydrogen-bond acceptors (Lipinski definition) is 3. The summed E-state index contributed by atoms with van der Waals surface area (Å²) >= 11 is 5.88. The van der Waals surface area contributed by atoms with Crippen molar-refractivity contribution in [3.8, 4) is 0 Å². The molecule has 2 rings (SSSR count). The fourth-order valence-electron chi connectivity index (χ4n) is 2.05. The Balaban J connectivity index is 2.08. The van der Waals surface area contributed by atoms with E-state index in [4.69, 9.17) is 11.6 Å². The monoisotopic (exact) mass is 303 g/mol. The van der Waals surface area contributed by atoms with Crippen molar-refractivity contribution in [3.05, 3.63) is 53.2 Å². The van der Waals surface area contributed by atoms with Crippen molar-refractivity contribution in [1.29, 1.82) is 0 Å². The summed E-state index contributed by atoms with van der Waals surface area (Å²) in [5.74, 6) is 0.302. The summed E-state index contributed by atoms with van der Waals surface area (Å²) < 4.78 is 0. The molecule has 5 heteroatoms. The van der Waals surface area contributed by atoms with E-state index in [1.165, 1.54) is 0 Å². The second kappa shape index (κ2) is 7.09. The van der Waals surface area contributed by atoms with Gasteiger partial charge in [-0.05, 0) is 44.2 Å². The Morgan fingerprint density at radius 2 is 2.00 bits per heavy atom. The van der Waals surface area contributed by atoms with Crippen LogP contribution in [0, 0.1) is 0 Å². The number of anilines is 2. The molecule has 21 heavy (non-hydrogen) atoms. The molecule has 1 aromatic carbocycles. The lowest BCUT2D eigenvalue weighted by molar-refractivity contribution is 0.102. The average Bonchev–Trinajstić information content (AvgIpc) is 2.50. The number of carbonyl (C=O) groups excluding carboxylic acids is 1. The predicted molar refractivity (Wildman–Crippen MR) is 87.2 cm³/mol. The zero-order valence-electron chi connectivity index (χ0n) is 12.1. The third-order valence-electron chi connectivity index (χ3n) is 3.20. The molecule has 1 amide bonds. The molecule has 4 nitrogen and oxygen atoms in total. The third-order valence-corrected chi connectivity index (χ3v) is 3.44. The van der Waals surface area contributed by atoms with Gasteiger partial charge in [0.15, 0.2) is 0 Å². The first-order valence-electron chi connectivity index (χ1n) is 6.92. The number of halogens is 1. The van der Waals surface area contributed by atoms with Crippen molar-refractivity contribution in [1.82, 2.24) is 4.98 Å². The molecule has 1 heterocycles. The number of benzene rings is 1. The van der Waals surface area contributed by atoms with Crippen molar-refractivity contribution >= 4 is 29.0 Å². The van der Waals surface area contributed by atoms with Crippen molar-refractivity contribution in [2.45, 2.75) is 13.8 Å². The minimum Gasteiger partial charge on any atom is -0.371 e. The summed E-state index contributed by atoms with van der Waals surface area (Å²) in [7, 11) is 0. The molecule has 1 N–H and O–H groups in total. The topological polar surface area (TPSA) is 45.2 Å². The van der Waals surface area contributed by atoms with Crippen LogP contribution in [0.3, 0.4) is 0 Å². The Labute approximate surface area is 129 Å². The Morgan fingerprint density at radius 3 is 2.57 bits per heavy atom. The minimum absolute atomic E-state index is 0.222. The lowest BCUT2D eigenvalue weighted by Gasteiger charge is -2.20. The molecular weight excluding hydrogens is 286 g/mol. The van der Waals surface area contributed by atoms with Crippen molar-refractivity contribution in [2.75, 3.05) is 23.3 Å². The van der Waals surface area contributed by atoms with Gasteiger partial charge in [-0.2, -0.15) is 0 Å². The van der Waals surface area contributed by atoms with Gasteiger partial charge < -0.3 is 10.2 Å². The number of rotatable bonds is 5. The highest BCUT2D eigenvalue weighted by atomic mass is 35.5. The largest absolute Gasteiger partial charge is 0.371 e. The normalized spacial score (nSPS) is 10.2. The molecule has 0 saturated heterocycles. The standard InChI is InChI=1S/C16H18ClN3O/c1-3-20(4-2)14-8-9-15(18-11-14)19-16(21)12-6-5-7-13(17)10-12/h5-11H,3-4H2,1-2H3,(H,18,19,21). The molecule has 2 aromatic rings. The fraction of sp³-hybridized carbons (Fsp3) is 0.250. The van der Waals surface area contributed by atoms with E-state index in [0.717, 1.165) is 18.8 Å². The van der Waals surface area contributed by atoms with Crippen LogP contribution in [-0.4, -0.2) is 24.0 Å². The zero-order chi connectivity index (χ0) is 15.2. The lowest BCUT2D eigenvalue weighted by Crippen LogP contribution is -2.22. The molecule has 0 unspecified atom stereocenters. The first kappa shape index (κ1) is 15.3. The molecule has 0 aliphatic carbocycles. The Bertz CT molecular complexity index is 609. The second-order valence-corrected chi connectivity index (χ2v) is 4.97. The molecule has 0 fully saturated rings. The third kappa shape index (κ3) is 3.95. The van der Waals surface area contributed by atoms with E-state index in [1.807, 2.05) is 6.07 Å². The number of aromatic nitrogens is 1.